The van der Waals surface area contributed by atoms with E-state index in [9.17, 15) is 0 Å². The van der Waals surface area contributed by atoms with Crippen molar-refractivity contribution in [2.45, 2.75) is 51.6 Å². The highest BCUT2D eigenvalue weighted by Gasteiger charge is 2.41. The third-order valence-electron chi connectivity index (χ3n) is 5.73. The lowest BCUT2D eigenvalue weighted by Gasteiger charge is -2.51. The average Bonchev–Trinajstić information content (AvgIpc) is 2.45. The molecule has 1 saturated heterocycles. The molecule has 1 saturated carbocycles. The van der Waals surface area contributed by atoms with Crippen molar-refractivity contribution in [3.8, 4) is 0 Å². The molecule has 0 aromatic heterocycles. The minimum absolute atomic E-state index is 0.141. The first kappa shape index (κ1) is 15.1. The Hall–Kier alpha value is -0.860. The van der Waals surface area contributed by atoms with Crippen LogP contribution in [0.1, 0.15) is 45.6 Å². The van der Waals surface area contributed by atoms with Gasteiger partial charge in [-0.1, -0.05) is 50.6 Å². The molecule has 2 aliphatic rings. The SMILES string of the molecule is CC(C)C1CN(CC2CCC2)C(C)(c2ccccc2)CN1. The lowest BCUT2D eigenvalue weighted by atomic mass is 9.80. The number of piperazine rings is 1. The zero-order valence-electron chi connectivity index (χ0n) is 13.8. The van der Waals surface area contributed by atoms with E-state index in [0.717, 1.165) is 12.5 Å². The maximum atomic E-state index is 3.81. The summed E-state index contributed by atoms with van der Waals surface area (Å²) in [5, 5.41) is 3.81. The van der Waals surface area contributed by atoms with Gasteiger partial charge in [-0.05, 0) is 37.2 Å². The monoisotopic (exact) mass is 286 g/mol. The van der Waals surface area contributed by atoms with Crippen molar-refractivity contribution in [1.29, 1.82) is 0 Å². The molecule has 1 aliphatic heterocycles. The molecule has 2 heteroatoms. The van der Waals surface area contributed by atoms with Crippen LogP contribution in [0.25, 0.3) is 0 Å². The highest BCUT2D eigenvalue weighted by molar-refractivity contribution is 5.25. The fourth-order valence-corrected chi connectivity index (χ4v) is 3.74. The highest BCUT2D eigenvalue weighted by Crippen LogP contribution is 2.36. The predicted molar refractivity (Wildman–Crippen MR) is 89.3 cm³/mol. The van der Waals surface area contributed by atoms with E-state index in [-0.39, 0.29) is 5.54 Å². The number of hydrogen-bond donors (Lipinski definition) is 1. The number of benzene rings is 1. The molecule has 1 aromatic rings. The number of nitrogens with one attached hydrogen (secondary N) is 1. The second-order valence-electron chi connectivity index (χ2n) is 7.57. The van der Waals surface area contributed by atoms with Crippen molar-refractivity contribution < 1.29 is 0 Å². The van der Waals surface area contributed by atoms with Crippen molar-refractivity contribution in [2.75, 3.05) is 19.6 Å². The van der Waals surface area contributed by atoms with Crippen LogP contribution in [0.4, 0.5) is 0 Å². The van der Waals surface area contributed by atoms with E-state index in [1.165, 1.54) is 37.9 Å². The molecular weight excluding hydrogens is 256 g/mol. The molecule has 21 heavy (non-hydrogen) atoms. The first-order chi connectivity index (χ1) is 10.1. The molecule has 0 amide bonds. The van der Waals surface area contributed by atoms with Crippen LogP contribution in [0.3, 0.4) is 0 Å². The lowest BCUT2D eigenvalue weighted by molar-refractivity contribution is 0.0142. The van der Waals surface area contributed by atoms with Gasteiger partial charge in [-0.25, -0.2) is 0 Å². The Morgan fingerprint density at radius 1 is 1.24 bits per heavy atom. The topological polar surface area (TPSA) is 15.3 Å². The van der Waals surface area contributed by atoms with Crippen LogP contribution in [0, 0.1) is 11.8 Å². The van der Waals surface area contributed by atoms with Crippen LogP contribution in [-0.4, -0.2) is 30.6 Å². The summed E-state index contributed by atoms with van der Waals surface area (Å²) in [5.74, 6) is 1.63. The predicted octanol–water partition coefficient (Wildman–Crippen LogP) is 3.63. The second kappa shape index (κ2) is 6.10. The van der Waals surface area contributed by atoms with Gasteiger partial charge in [0.15, 0.2) is 0 Å². The lowest BCUT2D eigenvalue weighted by Crippen LogP contribution is -2.63. The van der Waals surface area contributed by atoms with E-state index < -0.39 is 0 Å². The van der Waals surface area contributed by atoms with Crippen LogP contribution < -0.4 is 5.32 Å². The van der Waals surface area contributed by atoms with E-state index in [1.807, 2.05) is 0 Å². The normalized spacial score (nSPS) is 31.3. The van der Waals surface area contributed by atoms with Gasteiger partial charge in [-0.2, -0.15) is 0 Å². The molecule has 1 heterocycles. The van der Waals surface area contributed by atoms with Crippen molar-refractivity contribution >= 4 is 0 Å². The van der Waals surface area contributed by atoms with Crippen molar-refractivity contribution in [1.82, 2.24) is 10.2 Å². The maximum absolute atomic E-state index is 3.81. The summed E-state index contributed by atoms with van der Waals surface area (Å²) in [4.78, 5) is 2.77. The van der Waals surface area contributed by atoms with Gasteiger partial charge in [0.25, 0.3) is 0 Å². The molecule has 2 atom stereocenters. The van der Waals surface area contributed by atoms with Crippen molar-refractivity contribution in [2.24, 2.45) is 11.8 Å². The molecule has 2 unspecified atom stereocenters. The van der Waals surface area contributed by atoms with Gasteiger partial charge in [0.2, 0.25) is 0 Å². The molecule has 1 aromatic carbocycles. The largest absolute Gasteiger partial charge is 0.310 e. The zero-order valence-corrected chi connectivity index (χ0v) is 13.8. The van der Waals surface area contributed by atoms with Crippen LogP contribution in [0.2, 0.25) is 0 Å². The summed E-state index contributed by atoms with van der Waals surface area (Å²) < 4.78 is 0. The Morgan fingerprint density at radius 2 is 1.95 bits per heavy atom. The number of rotatable bonds is 4. The molecule has 0 spiro atoms. The van der Waals surface area contributed by atoms with Crippen LogP contribution in [0.15, 0.2) is 30.3 Å². The average molecular weight is 286 g/mol. The Kier molecular flexibility index (Phi) is 4.37. The van der Waals surface area contributed by atoms with Gasteiger partial charge in [0.05, 0.1) is 5.54 Å². The second-order valence-corrected chi connectivity index (χ2v) is 7.57. The summed E-state index contributed by atoms with van der Waals surface area (Å²) in [7, 11) is 0. The Labute approximate surface area is 129 Å². The molecule has 3 rings (SSSR count). The van der Waals surface area contributed by atoms with Crippen molar-refractivity contribution in [3.05, 3.63) is 35.9 Å². The molecule has 116 valence electrons. The minimum Gasteiger partial charge on any atom is -0.310 e. The van der Waals surface area contributed by atoms with Gasteiger partial charge in [-0.3, -0.25) is 4.90 Å². The smallest absolute Gasteiger partial charge is 0.0558 e. The fraction of sp³-hybridized carbons (Fsp3) is 0.684. The van der Waals surface area contributed by atoms with Gasteiger partial charge in [0.1, 0.15) is 0 Å². The molecule has 1 N–H and O–H groups in total. The van der Waals surface area contributed by atoms with E-state index in [4.69, 9.17) is 0 Å². The summed E-state index contributed by atoms with van der Waals surface area (Å²) in [6.07, 6.45) is 4.30. The summed E-state index contributed by atoms with van der Waals surface area (Å²) >= 11 is 0. The van der Waals surface area contributed by atoms with Crippen LogP contribution >= 0.6 is 0 Å². The quantitative estimate of drug-likeness (QED) is 0.909. The number of nitrogens with zero attached hydrogens (tertiary/aromatic N) is 1. The molecule has 2 fully saturated rings. The molecule has 0 radical (unpaired) electrons. The molecule has 2 nitrogen and oxygen atoms in total. The standard InChI is InChI=1S/C19H30N2/c1-15(2)18-13-21(12-16-8-7-9-16)19(3,14-20-18)17-10-5-4-6-11-17/h4-6,10-11,15-16,18,20H,7-9,12-14H2,1-3H3. The van der Waals surface area contributed by atoms with E-state index in [2.05, 4.69) is 61.3 Å². The van der Waals surface area contributed by atoms with Gasteiger partial charge < -0.3 is 5.32 Å². The van der Waals surface area contributed by atoms with Gasteiger partial charge >= 0.3 is 0 Å². The van der Waals surface area contributed by atoms with E-state index in [0.29, 0.717) is 12.0 Å². The maximum Gasteiger partial charge on any atom is 0.0558 e. The first-order valence-corrected chi connectivity index (χ1v) is 8.63. The molecular formula is C19H30N2. The Balaban J connectivity index is 1.82. The first-order valence-electron chi connectivity index (χ1n) is 8.63. The van der Waals surface area contributed by atoms with E-state index >= 15 is 0 Å². The third kappa shape index (κ3) is 3.02. The van der Waals surface area contributed by atoms with Crippen LogP contribution in [-0.2, 0) is 5.54 Å². The number of hydrogen-bond acceptors (Lipinski definition) is 2. The molecule has 0 bridgehead atoms. The van der Waals surface area contributed by atoms with Gasteiger partial charge in [-0.15, -0.1) is 0 Å². The van der Waals surface area contributed by atoms with Crippen LogP contribution in [0.5, 0.6) is 0 Å². The Morgan fingerprint density at radius 3 is 2.52 bits per heavy atom. The summed E-state index contributed by atoms with van der Waals surface area (Å²) in [5.41, 5.74) is 1.60. The Bertz CT molecular complexity index is 452. The van der Waals surface area contributed by atoms with Crippen molar-refractivity contribution in [3.63, 3.8) is 0 Å². The zero-order chi connectivity index (χ0) is 14.9. The highest BCUT2D eigenvalue weighted by atomic mass is 15.3. The summed E-state index contributed by atoms with van der Waals surface area (Å²) in [6.45, 7) is 10.6. The summed E-state index contributed by atoms with van der Waals surface area (Å²) in [6, 6.07) is 11.7. The van der Waals surface area contributed by atoms with E-state index in [1.54, 1.807) is 0 Å². The minimum atomic E-state index is 0.141. The van der Waals surface area contributed by atoms with Gasteiger partial charge in [0, 0.05) is 25.7 Å². The fourth-order valence-electron chi connectivity index (χ4n) is 3.74. The third-order valence-corrected chi connectivity index (χ3v) is 5.73. The molecule has 1 aliphatic carbocycles.